The average Bonchev–Trinajstić information content (AvgIpc) is 2.40. The predicted octanol–water partition coefficient (Wildman–Crippen LogP) is 3.07. The summed E-state index contributed by atoms with van der Waals surface area (Å²) in [5.74, 6) is 0.382. The topological polar surface area (TPSA) is 68.9 Å². The predicted molar refractivity (Wildman–Crippen MR) is 102 cm³/mol. The van der Waals surface area contributed by atoms with Crippen molar-refractivity contribution in [1.82, 2.24) is 5.32 Å². The Balaban J connectivity index is 0.00000441. The van der Waals surface area contributed by atoms with Crippen molar-refractivity contribution >= 4 is 53.1 Å². The Labute approximate surface area is 158 Å². The van der Waals surface area contributed by atoms with E-state index in [0.29, 0.717) is 42.4 Å². The number of methoxy groups -OCH3 is 1. The summed E-state index contributed by atoms with van der Waals surface area (Å²) in [4.78, 5) is 4.16. The lowest BCUT2D eigenvalue weighted by atomic mass is 10.2. The summed E-state index contributed by atoms with van der Waals surface area (Å²) in [5, 5.41) is 4.22. The number of rotatable bonds is 8. The van der Waals surface area contributed by atoms with Crippen LogP contribution in [-0.2, 0) is 16.1 Å². The summed E-state index contributed by atoms with van der Waals surface area (Å²) < 4.78 is 10.5. The molecule has 0 saturated carbocycles. The quantitative estimate of drug-likeness (QED) is 0.270. The third kappa shape index (κ3) is 8.99. The fourth-order valence-electron chi connectivity index (χ4n) is 1.64. The number of nitrogens with two attached hydrogens (primary N) is 1. The molecule has 0 amide bonds. The minimum atomic E-state index is 0. The Morgan fingerprint density at radius 1 is 1.41 bits per heavy atom. The van der Waals surface area contributed by atoms with Gasteiger partial charge >= 0.3 is 0 Å². The molecule has 126 valence electrons. The van der Waals surface area contributed by atoms with Crippen LogP contribution in [0.1, 0.15) is 12.5 Å². The number of aliphatic imine (C=N–C) groups is 1. The van der Waals surface area contributed by atoms with Gasteiger partial charge in [-0.1, -0.05) is 29.3 Å². The number of benzene rings is 1. The van der Waals surface area contributed by atoms with Crippen molar-refractivity contribution in [2.75, 3.05) is 26.9 Å². The van der Waals surface area contributed by atoms with E-state index in [0.717, 1.165) is 5.56 Å². The fraction of sp³-hybridized carbons (Fsp3) is 0.500. The molecule has 22 heavy (non-hydrogen) atoms. The van der Waals surface area contributed by atoms with Crippen LogP contribution in [0.15, 0.2) is 23.2 Å². The number of nitrogens with one attached hydrogen (secondary N) is 1. The summed E-state index contributed by atoms with van der Waals surface area (Å²) in [5.41, 5.74) is 6.62. The van der Waals surface area contributed by atoms with Gasteiger partial charge in [-0.05, 0) is 24.6 Å². The number of guanidine groups is 1. The second-order valence-corrected chi connectivity index (χ2v) is 5.40. The zero-order chi connectivity index (χ0) is 15.7. The van der Waals surface area contributed by atoms with Gasteiger partial charge in [0.05, 0.1) is 26.4 Å². The number of ether oxygens (including phenoxy) is 2. The van der Waals surface area contributed by atoms with Crippen molar-refractivity contribution in [2.24, 2.45) is 10.7 Å². The Bertz CT molecular complexity index is 475. The van der Waals surface area contributed by atoms with Crippen molar-refractivity contribution in [2.45, 2.75) is 19.6 Å². The Hall–Kier alpha value is -0.280. The largest absolute Gasteiger partial charge is 0.383 e. The molecule has 0 radical (unpaired) electrons. The summed E-state index contributed by atoms with van der Waals surface area (Å²) in [6, 6.07) is 5.44. The molecule has 0 bridgehead atoms. The second kappa shape index (κ2) is 12.2. The lowest BCUT2D eigenvalue weighted by Crippen LogP contribution is -2.40. The van der Waals surface area contributed by atoms with Crippen LogP contribution in [0.4, 0.5) is 0 Å². The summed E-state index contributed by atoms with van der Waals surface area (Å²) in [6.45, 7) is 3.88. The maximum atomic E-state index is 6.05. The van der Waals surface area contributed by atoms with E-state index in [-0.39, 0.29) is 30.0 Å². The van der Waals surface area contributed by atoms with Gasteiger partial charge in [-0.3, -0.25) is 4.99 Å². The van der Waals surface area contributed by atoms with E-state index < -0.39 is 0 Å². The molecule has 1 aromatic rings. The first kappa shape index (κ1) is 21.7. The highest BCUT2D eigenvalue weighted by Crippen LogP contribution is 2.21. The molecule has 0 heterocycles. The van der Waals surface area contributed by atoms with E-state index >= 15 is 0 Å². The van der Waals surface area contributed by atoms with Crippen LogP contribution in [0.5, 0.6) is 0 Å². The molecule has 0 saturated heterocycles. The summed E-state index contributed by atoms with van der Waals surface area (Å²) >= 11 is 11.9. The van der Waals surface area contributed by atoms with E-state index in [9.17, 15) is 0 Å². The van der Waals surface area contributed by atoms with Gasteiger partial charge in [0.2, 0.25) is 0 Å². The molecular formula is C14H22Cl2IN3O2. The summed E-state index contributed by atoms with van der Waals surface area (Å²) in [6.07, 6.45) is 0. The average molecular weight is 462 g/mol. The van der Waals surface area contributed by atoms with Crippen molar-refractivity contribution in [3.05, 3.63) is 33.8 Å². The molecule has 0 aliphatic carbocycles. The van der Waals surface area contributed by atoms with Crippen LogP contribution >= 0.6 is 47.2 Å². The van der Waals surface area contributed by atoms with Crippen LogP contribution in [0, 0.1) is 0 Å². The highest BCUT2D eigenvalue weighted by molar-refractivity contribution is 14.0. The van der Waals surface area contributed by atoms with Gasteiger partial charge in [0.15, 0.2) is 5.96 Å². The molecule has 0 fully saturated rings. The lowest BCUT2D eigenvalue weighted by Gasteiger charge is -2.13. The molecule has 1 atom stereocenters. The fourth-order valence-corrected chi connectivity index (χ4v) is 2.10. The first-order valence-corrected chi connectivity index (χ1v) is 7.35. The molecule has 5 nitrogen and oxygen atoms in total. The van der Waals surface area contributed by atoms with Gasteiger partial charge in [-0.2, -0.15) is 0 Å². The van der Waals surface area contributed by atoms with Crippen molar-refractivity contribution in [3.8, 4) is 0 Å². The molecule has 0 aromatic heterocycles. The second-order valence-electron chi connectivity index (χ2n) is 4.56. The van der Waals surface area contributed by atoms with E-state index in [1.807, 2.05) is 13.0 Å². The zero-order valence-electron chi connectivity index (χ0n) is 12.6. The maximum absolute atomic E-state index is 6.05. The van der Waals surface area contributed by atoms with E-state index in [1.165, 1.54) is 0 Å². The van der Waals surface area contributed by atoms with Crippen LogP contribution in [0.25, 0.3) is 0 Å². The number of hydrogen-bond acceptors (Lipinski definition) is 3. The van der Waals surface area contributed by atoms with Crippen molar-refractivity contribution in [3.63, 3.8) is 0 Å². The van der Waals surface area contributed by atoms with Crippen molar-refractivity contribution < 1.29 is 9.47 Å². The van der Waals surface area contributed by atoms with Gasteiger partial charge in [-0.15, -0.1) is 24.0 Å². The van der Waals surface area contributed by atoms with E-state index in [2.05, 4.69) is 10.3 Å². The first-order chi connectivity index (χ1) is 10.0. The summed E-state index contributed by atoms with van der Waals surface area (Å²) in [7, 11) is 1.64. The zero-order valence-corrected chi connectivity index (χ0v) is 16.5. The monoisotopic (exact) mass is 461 g/mol. The Morgan fingerprint density at radius 2 is 2.14 bits per heavy atom. The number of hydrogen-bond donors (Lipinski definition) is 2. The van der Waals surface area contributed by atoms with Crippen LogP contribution in [0.3, 0.4) is 0 Å². The standard InChI is InChI=1S/C14H21Cl2N3O2.HI/c1-10(8-20-2)19-14(17)18-5-6-21-9-11-3-4-12(15)7-13(11)16;/h3-4,7,10H,5-6,8-9H2,1-2H3,(H3,17,18,19);1H. The molecule has 0 spiro atoms. The van der Waals surface area contributed by atoms with Gasteiger partial charge in [-0.25, -0.2) is 0 Å². The highest BCUT2D eigenvalue weighted by Gasteiger charge is 2.02. The van der Waals surface area contributed by atoms with Gasteiger partial charge in [0.25, 0.3) is 0 Å². The molecule has 0 aliphatic heterocycles. The van der Waals surface area contributed by atoms with E-state index in [4.69, 9.17) is 38.4 Å². The minimum Gasteiger partial charge on any atom is -0.383 e. The molecule has 1 aromatic carbocycles. The maximum Gasteiger partial charge on any atom is 0.188 e. The van der Waals surface area contributed by atoms with Gasteiger partial charge in [0, 0.05) is 23.2 Å². The molecule has 8 heteroatoms. The van der Waals surface area contributed by atoms with Gasteiger partial charge in [0.1, 0.15) is 0 Å². The minimum absolute atomic E-state index is 0. The molecule has 1 rings (SSSR count). The molecule has 3 N–H and O–H groups in total. The van der Waals surface area contributed by atoms with Crippen LogP contribution in [-0.4, -0.2) is 38.9 Å². The molecule has 0 aliphatic rings. The third-order valence-electron chi connectivity index (χ3n) is 2.60. The first-order valence-electron chi connectivity index (χ1n) is 6.60. The molecule has 1 unspecified atom stereocenters. The number of nitrogens with zero attached hydrogens (tertiary/aromatic N) is 1. The van der Waals surface area contributed by atoms with Crippen LogP contribution < -0.4 is 11.1 Å². The smallest absolute Gasteiger partial charge is 0.188 e. The van der Waals surface area contributed by atoms with E-state index in [1.54, 1.807) is 19.2 Å². The Morgan fingerprint density at radius 3 is 2.77 bits per heavy atom. The lowest BCUT2D eigenvalue weighted by molar-refractivity contribution is 0.128. The Kier molecular flexibility index (Phi) is 12.0. The van der Waals surface area contributed by atoms with Gasteiger partial charge < -0.3 is 20.5 Å². The normalized spacial score (nSPS) is 12.6. The van der Waals surface area contributed by atoms with Crippen molar-refractivity contribution in [1.29, 1.82) is 0 Å². The third-order valence-corrected chi connectivity index (χ3v) is 3.19. The van der Waals surface area contributed by atoms with Crippen LogP contribution in [0.2, 0.25) is 10.0 Å². The highest BCUT2D eigenvalue weighted by atomic mass is 127. The molecular weight excluding hydrogens is 440 g/mol. The number of halogens is 3. The SMILES string of the molecule is COCC(C)NC(N)=NCCOCc1ccc(Cl)cc1Cl.I.